The second-order valence-electron chi connectivity index (χ2n) is 5.84. The first-order valence-corrected chi connectivity index (χ1v) is 8.88. The third-order valence-corrected chi connectivity index (χ3v) is 5.38. The Hall–Kier alpha value is -1.17. The highest BCUT2D eigenvalue weighted by molar-refractivity contribution is 7.99. The summed E-state index contributed by atoms with van der Waals surface area (Å²) in [5.74, 6) is 0.818. The molecule has 3 N–H and O–H groups in total. The van der Waals surface area contributed by atoms with E-state index in [0.29, 0.717) is 6.54 Å². The van der Waals surface area contributed by atoms with E-state index < -0.39 is 6.10 Å². The lowest BCUT2D eigenvalue weighted by Crippen LogP contribution is -2.44. The van der Waals surface area contributed by atoms with Crippen LogP contribution in [-0.4, -0.2) is 40.5 Å². The molecule has 0 radical (unpaired) electrons. The van der Waals surface area contributed by atoms with Crippen LogP contribution in [0.5, 0.6) is 5.75 Å². The lowest BCUT2D eigenvalue weighted by Gasteiger charge is -2.28. The summed E-state index contributed by atoms with van der Waals surface area (Å²) in [6.07, 6.45) is 4.45. The molecule has 0 bridgehead atoms. The van der Waals surface area contributed by atoms with Crippen molar-refractivity contribution >= 4 is 22.7 Å². The lowest BCUT2D eigenvalue weighted by molar-refractivity contribution is 0.103. The van der Waals surface area contributed by atoms with Crippen LogP contribution in [0, 0.1) is 6.92 Å². The number of hydrogen-bond acceptors (Lipinski definition) is 4. The molecule has 1 heterocycles. The molecular weight excluding hydrogens is 296 g/mol. The Labute approximate surface area is 136 Å². The summed E-state index contributed by atoms with van der Waals surface area (Å²) in [6.45, 7) is 7.13. The molecule has 0 aliphatic heterocycles. The molecule has 0 spiro atoms. The van der Waals surface area contributed by atoms with E-state index in [0.717, 1.165) is 28.6 Å². The van der Waals surface area contributed by atoms with Crippen LogP contribution in [0.2, 0.25) is 0 Å². The van der Waals surface area contributed by atoms with Gasteiger partial charge in [0.2, 0.25) is 0 Å². The predicted molar refractivity (Wildman–Crippen MR) is 94.8 cm³/mol. The molecule has 1 aromatic heterocycles. The maximum absolute atomic E-state index is 10.2. The summed E-state index contributed by atoms with van der Waals surface area (Å²) < 4.78 is 5.84. The Morgan fingerprint density at radius 1 is 1.45 bits per heavy atom. The monoisotopic (exact) mass is 322 g/mol. The first-order chi connectivity index (χ1) is 10.5. The van der Waals surface area contributed by atoms with E-state index in [1.807, 2.05) is 25.3 Å². The quantitative estimate of drug-likeness (QED) is 0.653. The van der Waals surface area contributed by atoms with Gasteiger partial charge in [0.05, 0.1) is 4.87 Å². The van der Waals surface area contributed by atoms with Crippen molar-refractivity contribution in [1.29, 1.82) is 0 Å². The number of aliphatic hydroxyl groups excluding tert-OH is 1. The summed E-state index contributed by atoms with van der Waals surface area (Å²) in [4.78, 5) is 3.19. The second kappa shape index (κ2) is 7.40. The van der Waals surface area contributed by atoms with Gasteiger partial charge in [-0.15, -0.1) is 11.8 Å². The van der Waals surface area contributed by atoms with Gasteiger partial charge in [0, 0.05) is 23.6 Å². The van der Waals surface area contributed by atoms with Crippen molar-refractivity contribution in [1.82, 2.24) is 10.3 Å². The van der Waals surface area contributed by atoms with Crippen LogP contribution < -0.4 is 10.1 Å². The maximum atomic E-state index is 10.2. The Morgan fingerprint density at radius 3 is 2.91 bits per heavy atom. The van der Waals surface area contributed by atoms with Gasteiger partial charge in [0.1, 0.15) is 18.5 Å². The Morgan fingerprint density at radius 2 is 2.23 bits per heavy atom. The average Bonchev–Trinajstić information content (AvgIpc) is 2.98. The molecular formula is C17H26N2O2S. The van der Waals surface area contributed by atoms with Crippen molar-refractivity contribution in [3.63, 3.8) is 0 Å². The number of aryl methyl sites for hydroxylation is 1. The molecule has 2 atom stereocenters. The van der Waals surface area contributed by atoms with Crippen LogP contribution in [0.15, 0.2) is 24.4 Å². The minimum Gasteiger partial charge on any atom is -0.490 e. The van der Waals surface area contributed by atoms with E-state index in [1.54, 1.807) is 11.8 Å². The maximum Gasteiger partial charge on any atom is 0.129 e. The van der Waals surface area contributed by atoms with Gasteiger partial charge in [0.25, 0.3) is 0 Å². The van der Waals surface area contributed by atoms with Gasteiger partial charge in [-0.1, -0.05) is 6.92 Å². The zero-order valence-electron chi connectivity index (χ0n) is 13.8. The number of nitrogens with one attached hydrogen (secondary N) is 2. The summed E-state index contributed by atoms with van der Waals surface area (Å²) in [7, 11) is 0. The highest BCUT2D eigenvalue weighted by Gasteiger charge is 2.21. The van der Waals surface area contributed by atoms with Crippen molar-refractivity contribution in [2.45, 2.75) is 38.2 Å². The molecule has 0 fully saturated rings. The van der Waals surface area contributed by atoms with E-state index in [4.69, 9.17) is 4.74 Å². The molecule has 2 aromatic rings. The smallest absolute Gasteiger partial charge is 0.129 e. The van der Waals surface area contributed by atoms with Crippen molar-refractivity contribution in [2.24, 2.45) is 0 Å². The normalized spacial score (nSPS) is 15.7. The first-order valence-electron chi connectivity index (χ1n) is 7.66. The van der Waals surface area contributed by atoms with Crippen molar-refractivity contribution in [3.05, 3.63) is 30.0 Å². The number of ether oxygens (including phenoxy) is 1. The van der Waals surface area contributed by atoms with E-state index in [9.17, 15) is 5.11 Å². The molecule has 0 saturated carbocycles. The number of hydrogen-bond donors (Lipinski definition) is 3. The van der Waals surface area contributed by atoms with E-state index in [1.165, 1.54) is 0 Å². The fourth-order valence-electron chi connectivity index (χ4n) is 2.31. The largest absolute Gasteiger partial charge is 0.490 e. The van der Waals surface area contributed by atoms with Gasteiger partial charge in [0.15, 0.2) is 0 Å². The van der Waals surface area contributed by atoms with Crippen LogP contribution >= 0.6 is 11.8 Å². The molecule has 122 valence electrons. The van der Waals surface area contributed by atoms with E-state index >= 15 is 0 Å². The van der Waals surface area contributed by atoms with Crippen LogP contribution in [0.1, 0.15) is 25.8 Å². The standard InChI is InChI=1S/C17H26N2O2S/c1-5-17(3,22-4)19-10-13(20)11-21-16-9-12(2)8-15-14(16)6-7-18-15/h6-9,13,18-20H,5,10-11H2,1-4H3. The minimum atomic E-state index is -0.535. The topological polar surface area (TPSA) is 57.3 Å². The van der Waals surface area contributed by atoms with Gasteiger partial charge in [-0.2, -0.15) is 0 Å². The number of fused-ring (bicyclic) bond motifs is 1. The molecule has 0 aliphatic carbocycles. The Balaban J connectivity index is 1.93. The molecule has 0 amide bonds. The number of aromatic amines is 1. The van der Waals surface area contributed by atoms with Crippen molar-refractivity contribution in [3.8, 4) is 5.75 Å². The van der Waals surface area contributed by atoms with Crippen LogP contribution in [-0.2, 0) is 0 Å². The SMILES string of the molecule is CCC(C)(NCC(O)COc1cc(C)cc2[nH]ccc12)SC. The molecule has 2 rings (SSSR count). The molecule has 1 aromatic carbocycles. The third kappa shape index (κ3) is 4.18. The van der Waals surface area contributed by atoms with E-state index in [-0.39, 0.29) is 11.5 Å². The Bertz CT molecular complexity index is 608. The highest BCUT2D eigenvalue weighted by Crippen LogP contribution is 2.27. The summed E-state index contributed by atoms with van der Waals surface area (Å²) in [5, 5.41) is 14.6. The van der Waals surface area contributed by atoms with Gasteiger partial charge < -0.3 is 20.1 Å². The summed E-state index contributed by atoms with van der Waals surface area (Å²) >= 11 is 1.77. The zero-order chi connectivity index (χ0) is 16.2. The number of thioether (sulfide) groups is 1. The first kappa shape index (κ1) is 17.2. The van der Waals surface area contributed by atoms with Crippen LogP contribution in [0.25, 0.3) is 10.9 Å². The summed E-state index contributed by atoms with van der Waals surface area (Å²) in [5.41, 5.74) is 2.20. The fraction of sp³-hybridized carbons (Fsp3) is 0.529. The molecule has 4 nitrogen and oxygen atoms in total. The van der Waals surface area contributed by atoms with Gasteiger partial charge in [-0.3, -0.25) is 0 Å². The molecule has 0 saturated heterocycles. The lowest BCUT2D eigenvalue weighted by atomic mass is 10.1. The predicted octanol–water partition coefficient (Wildman–Crippen LogP) is 3.29. The highest BCUT2D eigenvalue weighted by atomic mass is 32.2. The fourth-order valence-corrected chi connectivity index (χ4v) is 2.83. The van der Waals surface area contributed by atoms with Gasteiger partial charge in [-0.25, -0.2) is 0 Å². The van der Waals surface area contributed by atoms with Crippen LogP contribution in [0.4, 0.5) is 0 Å². The van der Waals surface area contributed by atoms with Crippen LogP contribution in [0.3, 0.4) is 0 Å². The molecule has 22 heavy (non-hydrogen) atoms. The third-order valence-electron chi connectivity index (χ3n) is 4.04. The number of aromatic nitrogens is 1. The minimum absolute atomic E-state index is 0.00177. The molecule has 5 heteroatoms. The Kier molecular flexibility index (Phi) is 5.78. The van der Waals surface area contributed by atoms with Gasteiger partial charge >= 0.3 is 0 Å². The number of benzene rings is 1. The molecule has 0 aliphatic rings. The summed E-state index contributed by atoms with van der Waals surface area (Å²) in [6, 6.07) is 6.09. The average molecular weight is 322 g/mol. The van der Waals surface area contributed by atoms with Crippen molar-refractivity contribution < 1.29 is 9.84 Å². The number of H-pyrrole nitrogens is 1. The second-order valence-corrected chi connectivity index (χ2v) is 7.15. The molecule has 2 unspecified atom stereocenters. The zero-order valence-corrected chi connectivity index (χ0v) is 14.6. The van der Waals surface area contributed by atoms with E-state index in [2.05, 4.69) is 36.5 Å². The van der Waals surface area contributed by atoms with Crippen molar-refractivity contribution in [2.75, 3.05) is 19.4 Å². The number of aliphatic hydroxyl groups is 1. The number of rotatable bonds is 8. The van der Waals surface area contributed by atoms with Gasteiger partial charge in [-0.05, 0) is 50.3 Å².